The van der Waals surface area contributed by atoms with Crippen LogP contribution in [-0.4, -0.2) is 42.3 Å². The highest BCUT2D eigenvalue weighted by molar-refractivity contribution is 5.92. The number of hydrogen-bond donors (Lipinski definition) is 1. The summed E-state index contributed by atoms with van der Waals surface area (Å²) in [6.07, 6.45) is 0. The molecule has 0 atom stereocenters. The molecule has 31 heavy (non-hydrogen) atoms. The Hall–Kier alpha value is -3.73. The topological polar surface area (TPSA) is 151 Å². The van der Waals surface area contributed by atoms with Crippen LogP contribution in [0.15, 0.2) is 24.3 Å². The standard InChI is InChI=1S/C10H11NO5.C9H11NO4.CH4/c1-6-7(10(12)16-3)4-5-8(11(13)14)9(6)15-2;1-6-7(5-11)3-4-8(10(12)13)9(6)14-2;/h4-5H,1-3H3;3-4,11H,5H2,1-2H3;1H4. The lowest BCUT2D eigenvalue weighted by Crippen LogP contribution is -2.06. The first-order valence-electron chi connectivity index (χ1n) is 8.46. The van der Waals surface area contributed by atoms with Gasteiger partial charge in [0.25, 0.3) is 0 Å². The Bertz CT molecular complexity index is 958. The van der Waals surface area contributed by atoms with Crippen molar-refractivity contribution in [1.82, 2.24) is 0 Å². The molecule has 0 aliphatic carbocycles. The minimum atomic E-state index is -0.563. The van der Waals surface area contributed by atoms with Crippen molar-refractivity contribution in [2.75, 3.05) is 21.3 Å². The van der Waals surface area contributed by atoms with Crippen LogP contribution in [0.1, 0.15) is 34.5 Å². The van der Waals surface area contributed by atoms with E-state index in [-0.39, 0.29) is 42.5 Å². The fraction of sp³-hybridized carbons (Fsp3) is 0.350. The Kier molecular flexibility index (Phi) is 10.6. The molecule has 11 heteroatoms. The van der Waals surface area contributed by atoms with Crippen molar-refractivity contribution in [3.8, 4) is 11.5 Å². The molecule has 170 valence electrons. The predicted octanol–water partition coefficient (Wildman–Crippen LogP) is 3.74. The van der Waals surface area contributed by atoms with Gasteiger partial charge in [-0.15, -0.1) is 0 Å². The van der Waals surface area contributed by atoms with Crippen LogP contribution in [0.25, 0.3) is 0 Å². The summed E-state index contributed by atoms with van der Waals surface area (Å²) in [7, 11) is 3.93. The van der Waals surface area contributed by atoms with Crippen LogP contribution in [0.4, 0.5) is 11.4 Å². The van der Waals surface area contributed by atoms with E-state index in [1.165, 1.54) is 45.6 Å². The molecule has 2 rings (SSSR count). The van der Waals surface area contributed by atoms with Gasteiger partial charge in [-0.2, -0.15) is 0 Å². The van der Waals surface area contributed by atoms with Crippen molar-refractivity contribution in [3.63, 3.8) is 0 Å². The zero-order valence-corrected chi connectivity index (χ0v) is 17.1. The molecule has 0 aliphatic rings. The summed E-state index contributed by atoms with van der Waals surface area (Å²) in [4.78, 5) is 31.6. The van der Waals surface area contributed by atoms with Gasteiger partial charge in [0.05, 0.1) is 43.3 Å². The molecule has 11 nitrogen and oxygen atoms in total. The van der Waals surface area contributed by atoms with Crippen molar-refractivity contribution in [3.05, 3.63) is 66.7 Å². The molecular weight excluding hydrogens is 412 g/mol. The number of methoxy groups -OCH3 is 3. The van der Waals surface area contributed by atoms with Crippen molar-refractivity contribution in [1.29, 1.82) is 0 Å². The van der Waals surface area contributed by atoms with Crippen molar-refractivity contribution < 1.29 is 34.0 Å². The summed E-state index contributed by atoms with van der Waals surface area (Å²) in [6, 6.07) is 5.42. The lowest BCUT2D eigenvalue weighted by Gasteiger charge is -2.08. The van der Waals surface area contributed by atoms with Crippen LogP contribution in [-0.2, 0) is 11.3 Å². The molecule has 0 aromatic heterocycles. The number of benzene rings is 2. The summed E-state index contributed by atoms with van der Waals surface area (Å²) >= 11 is 0. The third-order valence-corrected chi connectivity index (χ3v) is 4.26. The van der Waals surface area contributed by atoms with Gasteiger partial charge < -0.3 is 19.3 Å². The second kappa shape index (κ2) is 12.1. The van der Waals surface area contributed by atoms with Crippen LogP contribution >= 0.6 is 0 Å². The molecule has 0 amide bonds. The highest BCUT2D eigenvalue weighted by atomic mass is 16.6. The van der Waals surface area contributed by atoms with Crippen molar-refractivity contribution in [2.45, 2.75) is 27.9 Å². The summed E-state index contributed by atoms with van der Waals surface area (Å²) in [5.74, 6) is -0.264. The Morgan fingerprint density at radius 2 is 1.35 bits per heavy atom. The number of carbonyl (C=O) groups is 1. The summed E-state index contributed by atoms with van der Waals surface area (Å²) in [5.41, 5.74) is 1.63. The lowest BCUT2D eigenvalue weighted by atomic mass is 10.1. The van der Waals surface area contributed by atoms with E-state index in [0.29, 0.717) is 16.7 Å². The molecule has 0 saturated heterocycles. The number of nitrogens with zero attached hydrogens (tertiary/aromatic N) is 2. The van der Waals surface area contributed by atoms with Crippen LogP contribution in [0.2, 0.25) is 0 Å². The Morgan fingerprint density at radius 1 is 0.903 bits per heavy atom. The molecule has 0 bridgehead atoms. The fourth-order valence-electron chi connectivity index (χ4n) is 2.70. The zero-order chi connectivity index (χ0) is 23.0. The third kappa shape index (κ3) is 6.12. The number of nitro groups is 2. The number of rotatable bonds is 6. The molecule has 0 radical (unpaired) electrons. The number of hydrogen-bond acceptors (Lipinski definition) is 9. The van der Waals surface area contributed by atoms with E-state index in [0.717, 1.165) is 0 Å². The van der Waals surface area contributed by atoms with E-state index in [4.69, 9.17) is 14.6 Å². The Balaban J connectivity index is 0.000000567. The number of aliphatic hydroxyl groups excluding tert-OH is 1. The third-order valence-electron chi connectivity index (χ3n) is 4.26. The highest BCUT2D eigenvalue weighted by Crippen LogP contribution is 2.33. The first-order valence-corrected chi connectivity index (χ1v) is 8.46. The van der Waals surface area contributed by atoms with Gasteiger partial charge in [-0.3, -0.25) is 20.2 Å². The van der Waals surface area contributed by atoms with Crippen LogP contribution in [0.5, 0.6) is 11.5 Å². The van der Waals surface area contributed by atoms with Gasteiger partial charge in [0.2, 0.25) is 5.75 Å². The van der Waals surface area contributed by atoms with Crippen molar-refractivity contribution in [2.24, 2.45) is 0 Å². The van der Waals surface area contributed by atoms with Crippen LogP contribution < -0.4 is 9.47 Å². The normalized spacial score (nSPS) is 9.48. The van der Waals surface area contributed by atoms with Gasteiger partial charge in [-0.25, -0.2) is 4.79 Å². The molecule has 0 aliphatic heterocycles. The smallest absolute Gasteiger partial charge is 0.338 e. The van der Waals surface area contributed by atoms with Crippen LogP contribution in [0, 0.1) is 34.1 Å². The first kappa shape index (κ1) is 27.3. The minimum Gasteiger partial charge on any atom is -0.490 e. The molecule has 1 N–H and O–H groups in total. The van der Waals surface area contributed by atoms with E-state index in [1.807, 2.05) is 0 Å². The first-order chi connectivity index (χ1) is 14.1. The molecule has 2 aromatic carbocycles. The van der Waals surface area contributed by atoms with E-state index < -0.39 is 15.8 Å². The van der Waals surface area contributed by atoms with Gasteiger partial charge in [0.15, 0.2) is 5.75 Å². The number of ether oxygens (including phenoxy) is 3. The molecule has 0 unspecified atom stereocenters. The second-order valence-corrected chi connectivity index (χ2v) is 5.86. The predicted molar refractivity (Wildman–Crippen MR) is 113 cm³/mol. The quantitative estimate of drug-likeness (QED) is 0.404. The fourth-order valence-corrected chi connectivity index (χ4v) is 2.70. The minimum absolute atomic E-state index is 0. The molecular formula is C20H26N2O9. The lowest BCUT2D eigenvalue weighted by molar-refractivity contribution is -0.385. The largest absolute Gasteiger partial charge is 0.490 e. The van der Waals surface area contributed by atoms with Gasteiger partial charge >= 0.3 is 17.3 Å². The maximum Gasteiger partial charge on any atom is 0.338 e. The molecule has 2 aromatic rings. The van der Waals surface area contributed by atoms with Gasteiger partial charge in [0.1, 0.15) is 0 Å². The zero-order valence-electron chi connectivity index (χ0n) is 17.1. The Labute approximate surface area is 179 Å². The van der Waals surface area contributed by atoms with E-state index >= 15 is 0 Å². The molecule has 0 heterocycles. The van der Waals surface area contributed by atoms with E-state index in [1.54, 1.807) is 13.8 Å². The summed E-state index contributed by atoms with van der Waals surface area (Å²) in [5, 5.41) is 30.2. The van der Waals surface area contributed by atoms with Crippen molar-refractivity contribution >= 4 is 17.3 Å². The number of aliphatic hydroxyl groups is 1. The SMILES string of the molecule is C.COC(=O)c1ccc([N+](=O)[O-])c(OC)c1C.COc1c([N+](=O)[O-])ccc(CO)c1C. The van der Waals surface area contributed by atoms with Gasteiger partial charge in [0, 0.05) is 23.3 Å². The number of esters is 1. The number of carbonyl (C=O) groups excluding carboxylic acids is 1. The maximum atomic E-state index is 11.3. The van der Waals surface area contributed by atoms with Crippen LogP contribution in [0.3, 0.4) is 0 Å². The van der Waals surface area contributed by atoms with Gasteiger partial charge in [-0.05, 0) is 31.5 Å². The van der Waals surface area contributed by atoms with E-state index in [9.17, 15) is 25.0 Å². The maximum absolute atomic E-state index is 11.3. The average molecular weight is 438 g/mol. The summed E-state index contributed by atoms with van der Waals surface area (Å²) in [6.45, 7) is 3.09. The average Bonchev–Trinajstić information content (AvgIpc) is 2.72. The Morgan fingerprint density at radius 3 is 1.74 bits per heavy atom. The summed E-state index contributed by atoms with van der Waals surface area (Å²) < 4.78 is 14.4. The monoisotopic (exact) mass is 438 g/mol. The molecule has 0 saturated carbocycles. The van der Waals surface area contributed by atoms with E-state index in [2.05, 4.69) is 4.74 Å². The number of nitro benzene ring substituents is 2. The molecule has 0 spiro atoms. The highest BCUT2D eigenvalue weighted by Gasteiger charge is 2.22. The second-order valence-electron chi connectivity index (χ2n) is 5.86. The molecule has 0 fully saturated rings. The van der Waals surface area contributed by atoms with Gasteiger partial charge in [-0.1, -0.05) is 7.43 Å².